The average molecular weight is 325 g/mol. The van der Waals surface area contributed by atoms with Gasteiger partial charge in [-0.3, -0.25) is 4.79 Å². The molecule has 1 aliphatic carbocycles. The fourth-order valence-corrected chi connectivity index (χ4v) is 3.87. The Morgan fingerprint density at radius 1 is 1.41 bits per heavy atom. The van der Waals surface area contributed by atoms with E-state index in [0.29, 0.717) is 10.8 Å². The van der Waals surface area contributed by atoms with Crippen molar-refractivity contribution in [3.05, 3.63) is 29.3 Å². The fraction of sp³-hybridized carbons (Fsp3) is 0.500. The monoisotopic (exact) mass is 325 g/mol. The summed E-state index contributed by atoms with van der Waals surface area (Å²) in [6.07, 6.45) is 4.66. The summed E-state index contributed by atoms with van der Waals surface area (Å²) in [6.45, 7) is 0.739. The Morgan fingerprint density at radius 2 is 2.09 bits per heavy atom. The van der Waals surface area contributed by atoms with Crippen LogP contribution in [-0.2, 0) is 4.79 Å². The van der Waals surface area contributed by atoms with Crippen LogP contribution in [0.25, 0.3) is 0 Å². The summed E-state index contributed by atoms with van der Waals surface area (Å²) >= 11 is 1.66. The lowest BCUT2D eigenvalue weighted by Gasteiger charge is -2.16. The highest BCUT2D eigenvalue weighted by Gasteiger charge is 2.24. The van der Waals surface area contributed by atoms with Crippen LogP contribution in [0.3, 0.4) is 0 Å². The topological polar surface area (TPSA) is 66.4 Å². The third-order valence-electron chi connectivity index (χ3n) is 3.73. The first-order chi connectivity index (χ1) is 10.5. The lowest BCUT2D eigenvalue weighted by molar-refractivity contribution is -0.139. The normalized spacial score (nSPS) is 16.5. The molecule has 0 heterocycles. The van der Waals surface area contributed by atoms with E-state index in [1.54, 1.807) is 17.8 Å². The number of carbonyl (C=O) groups is 2. The smallest absolute Gasteiger partial charge is 0.328 e. The molecule has 0 aliphatic heterocycles. The van der Waals surface area contributed by atoms with Crippen molar-refractivity contribution in [1.82, 2.24) is 5.32 Å². The van der Waals surface area contributed by atoms with Gasteiger partial charge >= 0.3 is 5.97 Å². The van der Waals surface area contributed by atoms with Crippen LogP contribution >= 0.6 is 11.8 Å². The molecule has 1 unspecified atom stereocenters. The van der Waals surface area contributed by atoms with Crippen molar-refractivity contribution in [2.45, 2.75) is 48.8 Å². The van der Waals surface area contributed by atoms with Crippen molar-refractivity contribution in [1.29, 1.82) is 0 Å². The number of benzene rings is 1. The number of alkyl halides is 1. The minimum atomic E-state index is -1.50. The maximum atomic E-state index is 12.7. The van der Waals surface area contributed by atoms with Crippen molar-refractivity contribution in [2.75, 3.05) is 6.67 Å². The molecular weight excluding hydrogens is 305 g/mol. The van der Waals surface area contributed by atoms with Gasteiger partial charge in [0.1, 0.15) is 6.67 Å². The highest BCUT2D eigenvalue weighted by molar-refractivity contribution is 8.00. The first kappa shape index (κ1) is 16.8. The molecule has 4 nitrogen and oxygen atoms in total. The van der Waals surface area contributed by atoms with Crippen molar-refractivity contribution in [3.8, 4) is 0 Å². The van der Waals surface area contributed by atoms with Crippen LogP contribution < -0.4 is 5.32 Å². The highest BCUT2D eigenvalue weighted by atomic mass is 32.2. The molecule has 0 saturated heterocycles. The summed E-state index contributed by atoms with van der Waals surface area (Å²) in [4.78, 5) is 24.0. The molecule has 120 valence electrons. The lowest BCUT2D eigenvalue weighted by atomic mass is 10.1. The van der Waals surface area contributed by atoms with Crippen molar-refractivity contribution in [2.24, 2.45) is 0 Å². The van der Waals surface area contributed by atoms with Crippen molar-refractivity contribution in [3.63, 3.8) is 0 Å². The molecule has 2 rings (SSSR count). The van der Waals surface area contributed by atoms with Crippen LogP contribution in [0.5, 0.6) is 0 Å². The van der Waals surface area contributed by atoms with Gasteiger partial charge in [-0.25, -0.2) is 9.18 Å². The third kappa shape index (κ3) is 4.22. The van der Waals surface area contributed by atoms with Gasteiger partial charge in [0.2, 0.25) is 0 Å². The Morgan fingerprint density at radius 3 is 2.68 bits per heavy atom. The van der Waals surface area contributed by atoms with Gasteiger partial charge in [-0.05, 0) is 31.9 Å². The second-order valence-corrected chi connectivity index (χ2v) is 6.88. The van der Waals surface area contributed by atoms with E-state index in [1.165, 1.54) is 12.8 Å². The van der Waals surface area contributed by atoms with Crippen LogP contribution in [0.4, 0.5) is 4.39 Å². The van der Waals surface area contributed by atoms with E-state index in [9.17, 15) is 14.0 Å². The number of nitrogens with one attached hydrogen (secondary N) is 1. The molecule has 22 heavy (non-hydrogen) atoms. The molecule has 6 heteroatoms. The molecule has 1 aliphatic rings. The van der Waals surface area contributed by atoms with Crippen LogP contribution in [0, 0.1) is 6.92 Å². The summed E-state index contributed by atoms with van der Waals surface area (Å²) < 4.78 is 12.7. The number of aryl methyl sites for hydroxylation is 1. The predicted octanol–water partition coefficient (Wildman–Crippen LogP) is 3.18. The molecule has 1 aromatic rings. The summed E-state index contributed by atoms with van der Waals surface area (Å²) in [5, 5.41) is 11.6. The van der Waals surface area contributed by atoms with Gasteiger partial charge in [0, 0.05) is 10.1 Å². The first-order valence-corrected chi connectivity index (χ1v) is 8.26. The van der Waals surface area contributed by atoms with Gasteiger partial charge in [0.25, 0.3) is 5.91 Å². The Hall–Kier alpha value is -1.56. The van der Waals surface area contributed by atoms with Crippen LogP contribution in [0.1, 0.15) is 41.6 Å². The predicted molar refractivity (Wildman–Crippen MR) is 84.2 cm³/mol. The van der Waals surface area contributed by atoms with Crippen LogP contribution in [0.2, 0.25) is 0 Å². The quantitative estimate of drug-likeness (QED) is 0.843. The Balaban J connectivity index is 2.18. The minimum Gasteiger partial charge on any atom is -0.480 e. The highest BCUT2D eigenvalue weighted by Crippen LogP contribution is 2.36. The van der Waals surface area contributed by atoms with Crippen LogP contribution in [0.15, 0.2) is 23.1 Å². The molecule has 1 fully saturated rings. The number of rotatable bonds is 6. The maximum absolute atomic E-state index is 12.7. The van der Waals surface area contributed by atoms with E-state index in [0.717, 1.165) is 23.3 Å². The zero-order chi connectivity index (χ0) is 16.1. The molecule has 0 bridgehead atoms. The number of carbonyl (C=O) groups excluding carboxylic acids is 1. The van der Waals surface area contributed by atoms with E-state index >= 15 is 0 Å². The molecule has 0 aromatic heterocycles. The molecule has 2 N–H and O–H groups in total. The number of halogens is 1. The van der Waals surface area contributed by atoms with Gasteiger partial charge in [0.15, 0.2) is 6.04 Å². The number of carboxylic acid groups (broad SMARTS) is 1. The number of hydrogen-bond acceptors (Lipinski definition) is 3. The second kappa shape index (κ2) is 7.63. The molecule has 0 radical (unpaired) electrons. The van der Waals surface area contributed by atoms with E-state index in [1.807, 2.05) is 19.1 Å². The zero-order valence-electron chi connectivity index (χ0n) is 12.5. The molecule has 1 aromatic carbocycles. The van der Waals surface area contributed by atoms with E-state index in [2.05, 4.69) is 5.32 Å². The number of thioether (sulfide) groups is 1. The van der Waals surface area contributed by atoms with Crippen molar-refractivity contribution >= 4 is 23.6 Å². The number of aliphatic carboxylic acids is 1. The van der Waals surface area contributed by atoms with E-state index in [-0.39, 0.29) is 0 Å². The number of carboxylic acids is 1. The SMILES string of the molecule is Cc1ccc(SC2CCCC2)c(C(=O)NC(CF)C(=O)O)c1. The van der Waals surface area contributed by atoms with Gasteiger partial charge in [-0.2, -0.15) is 0 Å². The van der Waals surface area contributed by atoms with Crippen molar-refractivity contribution < 1.29 is 19.1 Å². The maximum Gasteiger partial charge on any atom is 0.328 e. The molecule has 0 spiro atoms. The van der Waals surface area contributed by atoms with E-state index < -0.39 is 24.6 Å². The van der Waals surface area contributed by atoms with Gasteiger partial charge in [-0.15, -0.1) is 11.8 Å². The standard InChI is InChI=1S/C16H20FNO3S/c1-10-6-7-14(22-11-4-2-3-5-11)12(8-10)15(19)18-13(9-17)16(20)21/h6-8,11,13H,2-5,9H2,1H3,(H,18,19)(H,20,21). The molecular formula is C16H20FNO3S. The minimum absolute atomic E-state index is 0.427. The summed E-state index contributed by atoms with van der Waals surface area (Å²) in [6, 6.07) is 4.04. The molecule has 1 saturated carbocycles. The van der Waals surface area contributed by atoms with Gasteiger partial charge < -0.3 is 10.4 Å². The average Bonchev–Trinajstić information content (AvgIpc) is 2.99. The first-order valence-electron chi connectivity index (χ1n) is 7.38. The largest absolute Gasteiger partial charge is 0.480 e. The Kier molecular flexibility index (Phi) is 5.83. The van der Waals surface area contributed by atoms with Gasteiger partial charge in [0.05, 0.1) is 5.56 Å². The van der Waals surface area contributed by atoms with Gasteiger partial charge in [-0.1, -0.05) is 24.5 Å². The summed E-state index contributed by atoms with van der Waals surface area (Å²) in [5.41, 5.74) is 1.34. The van der Waals surface area contributed by atoms with Crippen LogP contribution in [-0.4, -0.2) is 34.9 Å². The fourth-order valence-electron chi connectivity index (χ4n) is 2.51. The molecule has 1 atom stereocenters. The summed E-state index contributed by atoms with van der Waals surface area (Å²) in [5.74, 6) is -1.90. The zero-order valence-corrected chi connectivity index (χ0v) is 13.3. The summed E-state index contributed by atoms with van der Waals surface area (Å²) in [7, 11) is 0. The number of hydrogen-bond donors (Lipinski definition) is 2. The Labute approximate surface area is 133 Å². The lowest BCUT2D eigenvalue weighted by Crippen LogP contribution is -2.42. The third-order valence-corrected chi connectivity index (χ3v) is 5.15. The Bertz CT molecular complexity index is 558. The van der Waals surface area contributed by atoms with E-state index in [4.69, 9.17) is 5.11 Å². The number of amides is 1. The second-order valence-electron chi connectivity index (χ2n) is 5.54. The molecule has 1 amide bonds.